The first-order valence-electron chi connectivity index (χ1n) is 7.20. The first kappa shape index (κ1) is 18.6. The van der Waals surface area contributed by atoms with E-state index in [0.29, 0.717) is 10.0 Å². The Labute approximate surface area is 154 Å². The number of hydrogen-bond donors (Lipinski definition) is 3. The second-order valence-electron chi connectivity index (χ2n) is 5.24. The third-order valence-corrected chi connectivity index (χ3v) is 4.95. The number of carbonyl (C=O) groups excluding carboxylic acids is 2. The van der Waals surface area contributed by atoms with E-state index in [0.717, 1.165) is 10.4 Å². The van der Waals surface area contributed by atoms with Crippen molar-refractivity contribution in [2.24, 2.45) is 5.73 Å². The van der Waals surface area contributed by atoms with Crippen LogP contribution in [0, 0.1) is 0 Å². The zero-order valence-electron chi connectivity index (χ0n) is 12.9. The van der Waals surface area contributed by atoms with Gasteiger partial charge >= 0.3 is 6.03 Å². The number of amides is 3. The van der Waals surface area contributed by atoms with E-state index in [2.05, 4.69) is 10.6 Å². The van der Waals surface area contributed by atoms with E-state index in [1.165, 1.54) is 11.3 Å². The summed E-state index contributed by atoms with van der Waals surface area (Å²) in [6, 6.07) is 7.39. The van der Waals surface area contributed by atoms with Crippen LogP contribution in [0.25, 0.3) is 0 Å². The van der Waals surface area contributed by atoms with E-state index in [9.17, 15) is 9.59 Å². The molecule has 3 amide bonds. The number of thiophene rings is 1. The zero-order valence-corrected chi connectivity index (χ0v) is 15.2. The summed E-state index contributed by atoms with van der Waals surface area (Å²) in [7, 11) is 0. The number of halogens is 2. The van der Waals surface area contributed by atoms with Crippen LogP contribution in [-0.2, 0) is 4.79 Å². The fourth-order valence-corrected chi connectivity index (χ4v) is 3.65. The maximum Gasteiger partial charge on any atom is 0.312 e. The fourth-order valence-electron chi connectivity index (χ4n) is 2.30. The Morgan fingerprint density at radius 1 is 1.25 bits per heavy atom. The van der Waals surface area contributed by atoms with Gasteiger partial charge in [0.05, 0.1) is 18.5 Å². The second kappa shape index (κ2) is 8.37. The Kier molecular flexibility index (Phi) is 6.48. The molecule has 0 radical (unpaired) electrons. The molecular weight excluding hydrogens is 369 g/mol. The lowest BCUT2D eigenvalue weighted by atomic mass is 10.1. The van der Waals surface area contributed by atoms with E-state index < -0.39 is 12.1 Å². The molecule has 4 N–H and O–H groups in total. The monoisotopic (exact) mass is 385 g/mol. The van der Waals surface area contributed by atoms with E-state index in [-0.39, 0.29) is 18.4 Å². The van der Waals surface area contributed by atoms with Crippen molar-refractivity contribution < 1.29 is 9.59 Å². The Morgan fingerprint density at radius 2 is 2.00 bits per heavy atom. The minimum atomic E-state index is -0.671. The number of hydrogen-bond acceptors (Lipinski definition) is 3. The molecule has 0 aliphatic carbocycles. The molecule has 0 spiro atoms. The first-order valence-corrected chi connectivity index (χ1v) is 8.84. The highest BCUT2D eigenvalue weighted by Gasteiger charge is 2.20. The predicted octanol–water partition coefficient (Wildman–Crippen LogP) is 4.03. The highest BCUT2D eigenvalue weighted by atomic mass is 35.5. The van der Waals surface area contributed by atoms with Crippen molar-refractivity contribution in [1.29, 1.82) is 0 Å². The van der Waals surface area contributed by atoms with Crippen LogP contribution in [0.1, 0.15) is 35.9 Å². The lowest BCUT2D eigenvalue weighted by Crippen LogP contribution is -2.36. The van der Waals surface area contributed by atoms with Gasteiger partial charge < -0.3 is 16.4 Å². The number of nitrogens with one attached hydrogen (secondary N) is 2. The summed E-state index contributed by atoms with van der Waals surface area (Å²) in [4.78, 5) is 24.3. The maximum absolute atomic E-state index is 12.3. The molecule has 0 bridgehead atoms. The van der Waals surface area contributed by atoms with Gasteiger partial charge in [-0.25, -0.2) is 4.79 Å². The predicted molar refractivity (Wildman–Crippen MR) is 97.4 cm³/mol. The van der Waals surface area contributed by atoms with E-state index in [1.54, 1.807) is 18.2 Å². The molecule has 5 nitrogen and oxygen atoms in total. The summed E-state index contributed by atoms with van der Waals surface area (Å²) in [6.07, 6.45) is 0.0823. The van der Waals surface area contributed by atoms with Crippen molar-refractivity contribution in [3.05, 3.63) is 56.2 Å². The SMILES string of the molecule is C[C@H](NC(=O)C[C@H](NC(N)=O)c1cccs1)c1ccc(Cl)cc1Cl. The van der Waals surface area contributed by atoms with Crippen molar-refractivity contribution in [2.75, 3.05) is 0 Å². The lowest BCUT2D eigenvalue weighted by Gasteiger charge is -2.19. The molecule has 0 unspecified atom stereocenters. The Bertz CT molecular complexity index is 722. The van der Waals surface area contributed by atoms with Crippen LogP contribution in [0.2, 0.25) is 10.0 Å². The van der Waals surface area contributed by atoms with Gasteiger partial charge in [-0.2, -0.15) is 0 Å². The minimum Gasteiger partial charge on any atom is -0.352 e. The summed E-state index contributed by atoms with van der Waals surface area (Å²) in [5.41, 5.74) is 5.96. The summed E-state index contributed by atoms with van der Waals surface area (Å²) >= 11 is 13.5. The van der Waals surface area contributed by atoms with Crippen molar-refractivity contribution in [3.63, 3.8) is 0 Å². The van der Waals surface area contributed by atoms with E-state index in [4.69, 9.17) is 28.9 Å². The van der Waals surface area contributed by atoms with Crippen molar-refractivity contribution >= 4 is 46.5 Å². The molecule has 0 aliphatic rings. The molecule has 0 fully saturated rings. The van der Waals surface area contributed by atoms with Crippen LogP contribution in [0.4, 0.5) is 4.79 Å². The minimum absolute atomic E-state index is 0.0823. The van der Waals surface area contributed by atoms with Gasteiger partial charge in [0.2, 0.25) is 5.91 Å². The van der Waals surface area contributed by atoms with Crippen LogP contribution in [0.3, 0.4) is 0 Å². The van der Waals surface area contributed by atoms with Gasteiger partial charge in [0.15, 0.2) is 0 Å². The third kappa shape index (κ3) is 5.12. The third-order valence-electron chi connectivity index (χ3n) is 3.40. The second-order valence-corrected chi connectivity index (χ2v) is 7.06. The molecule has 0 aliphatic heterocycles. The quantitative estimate of drug-likeness (QED) is 0.700. The Morgan fingerprint density at radius 3 is 2.58 bits per heavy atom. The van der Waals surface area contributed by atoms with Gasteiger partial charge in [-0.15, -0.1) is 11.3 Å². The van der Waals surface area contributed by atoms with E-state index >= 15 is 0 Å². The molecule has 24 heavy (non-hydrogen) atoms. The molecule has 1 aromatic heterocycles. The van der Waals surface area contributed by atoms with Crippen LogP contribution in [-0.4, -0.2) is 11.9 Å². The van der Waals surface area contributed by atoms with Gasteiger partial charge in [0, 0.05) is 14.9 Å². The largest absolute Gasteiger partial charge is 0.352 e. The number of urea groups is 1. The van der Waals surface area contributed by atoms with E-state index in [1.807, 2.05) is 24.4 Å². The molecular formula is C16H17Cl2N3O2S. The van der Waals surface area contributed by atoms with Gasteiger partial charge in [0.25, 0.3) is 0 Å². The maximum atomic E-state index is 12.3. The number of primary amides is 1. The van der Waals surface area contributed by atoms with Gasteiger partial charge in [-0.1, -0.05) is 35.3 Å². The van der Waals surface area contributed by atoms with Crippen LogP contribution < -0.4 is 16.4 Å². The molecule has 1 heterocycles. The lowest BCUT2D eigenvalue weighted by molar-refractivity contribution is -0.122. The molecule has 1 aromatic carbocycles. The smallest absolute Gasteiger partial charge is 0.312 e. The summed E-state index contributed by atoms with van der Waals surface area (Å²) in [6.45, 7) is 1.83. The van der Waals surface area contributed by atoms with Crippen molar-refractivity contribution in [3.8, 4) is 0 Å². The first-order chi connectivity index (χ1) is 11.4. The highest BCUT2D eigenvalue weighted by molar-refractivity contribution is 7.10. The number of benzene rings is 1. The fraction of sp³-hybridized carbons (Fsp3) is 0.250. The van der Waals surface area contributed by atoms with Crippen molar-refractivity contribution in [1.82, 2.24) is 10.6 Å². The van der Waals surface area contributed by atoms with Crippen LogP contribution >= 0.6 is 34.5 Å². The molecule has 2 atom stereocenters. The normalized spacial score (nSPS) is 13.1. The molecule has 2 aromatic rings. The average Bonchev–Trinajstić information content (AvgIpc) is 2.99. The molecule has 0 saturated carbocycles. The Balaban J connectivity index is 2.03. The van der Waals surface area contributed by atoms with Gasteiger partial charge in [0.1, 0.15) is 0 Å². The molecule has 128 valence electrons. The number of nitrogens with two attached hydrogens (primary N) is 1. The molecule has 2 rings (SSSR count). The summed E-state index contributed by atoms with van der Waals surface area (Å²) in [5, 5.41) is 8.35. The van der Waals surface area contributed by atoms with Gasteiger partial charge in [-0.05, 0) is 36.1 Å². The summed E-state index contributed by atoms with van der Waals surface area (Å²) < 4.78 is 0. The van der Waals surface area contributed by atoms with Crippen LogP contribution in [0.5, 0.6) is 0 Å². The van der Waals surface area contributed by atoms with Crippen LogP contribution in [0.15, 0.2) is 35.7 Å². The average molecular weight is 386 g/mol. The van der Waals surface area contributed by atoms with Crippen molar-refractivity contribution in [2.45, 2.75) is 25.4 Å². The summed E-state index contributed by atoms with van der Waals surface area (Å²) in [5.74, 6) is -0.222. The number of rotatable bonds is 6. The highest BCUT2D eigenvalue weighted by Crippen LogP contribution is 2.27. The molecule has 8 heteroatoms. The Hall–Kier alpha value is -1.76. The number of carbonyl (C=O) groups is 2. The zero-order chi connectivity index (χ0) is 17.7. The topological polar surface area (TPSA) is 84.2 Å². The van der Waals surface area contributed by atoms with Gasteiger partial charge in [-0.3, -0.25) is 4.79 Å². The molecule has 0 saturated heterocycles. The standard InChI is InChI=1S/C16H17Cl2N3O2S/c1-9(11-5-4-10(17)7-12(11)18)20-15(22)8-13(21-16(19)23)14-3-2-6-24-14/h2-7,9,13H,8H2,1H3,(H,20,22)(H3,19,21,23)/t9-,13-/m0/s1.